The van der Waals surface area contributed by atoms with Gasteiger partial charge in [-0.25, -0.2) is 31.7 Å². The molecule has 0 radical (unpaired) electrons. The summed E-state index contributed by atoms with van der Waals surface area (Å²) in [5.74, 6) is -0.613. The zero-order valence-corrected chi connectivity index (χ0v) is 17.0. The number of rotatable bonds is 4. The van der Waals surface area contributed by atoms with Crippen molar-refractivity contribution in [3.63, 3.8) is 0 Å². The number of H-pyrrole nitrogens is 1. The van der Waals surface area contributed by atoms with Crippen LogP contribution in [0.5, 0.6) is 0 Å². The summed E-state index contributed by atoms with van der Waals surface area (Å²) in [6, 6.07) is 15.2. The van der Waals surface area contributed by atoms with E-state index >= 15 is 0 Å². The van der Waals surface area contributed by atoms with Gasteiger partial charge in [0.25, 0.3) is 15.6 Å². The molecule has 0 saturated carbocycles. The molecule has 3 aromatic carbocycles. The number of carbonyl (C=O) groups is 1. The monoisotopic (exact) mass is 454 g/mol. The van der Waals surface area contributed by atoms with Gasteiger partial charge in [0.05, 0.1) is 21.5 Å². The molecule has 0 atom stereocenters. The van der Waals surface area contributed by atoms with Gasteiger partial charge in [-0.1, -0.05) is 12.1 Å². The van der Waals surface area contributed by atoms with Crippen molar-refractivity contribution in [2.75, 3.05) is 5.32 Å². The van der Waals surface area contributed by atoms with E-state index in [1.54, 1.807) is 24.3 Å². The second-order valence-corrected chi connectivity index (χ2v) is 8.36. The third kappa shape index (κ3) is 4.14. The lowest BCUT2D eigenvalue weighted by molar-refractivity contribution is 0.256. The molecule has 0 spiro atoms. The molecule has 1 heterocycles. The van der Waals surface area contributed by atoms with Crippen LogP contribution < -0.4 is 21.3 Å². The number of carbonyl (C=O) groups excluding carboxylic acids is 1. The van der Waals surface area contributed by atoms with E-state index in [9.17, 15) is 27.2 Å². The first kappa shape index (κ1) is 21.0. The Labute approximate surface area is 180 Å². The molecule has 0 aliphatic carbocycles. The normalized spacial score (nSPS) is 11.3. The van der Waals surface area contributed by atoms with E-state index in [0.29, 0.717) is 10.9 Å². The molecule has 3 N–H and O–H groups in total. The summed E-state index contributed by atoms with van der Waals surface area (Å²) in [6.45, 7) is 0. The second kappa shape index (κ2) is 8.12. The average molecular weight is 454 g/mol. The van der Waals surface area contributed by atoms with Crippen molar-refractivity contribution in [2.24, 2.45) is 0 Å². The second-order valence-electron chi connectivity index (χ2n) is 6.68. The highest BCUT2D eigenvalue weighted by molar-refractivity contribution is 7.90. The summed E-state index contributed by atoms with van der Waals surface area (Å²) in [7, 11) is -4.20. The van der Waals surface area contributed by atoms with Crippen LogP contribution in [0.25, 0.3) is 16.6 Å². The van der Waals surface area contributed by atoms with Gasteiger partial charge in [-0.05, 0) is 60.7 Å². The van der Waals surface area contributed by atoms with Crippen molar-refractivity contribution in [3.8, 4) is 5.69 Å². The van der Waals surface area contributed by atoms with Gasteiger partial charge >= 0.3 is 11.7 Å². The van der Waals surface area contributed by atoms with E-state index in [2.05, 4.69) is 10.3 Å². The number of anilines is 1. The van der Waals surface area contributed by atoms with Crippen molar-refractivity contribution in [1.29, 1.82) is 0 Å². The highest BCUT2D eigenvalue weighted by Crippen LogP contribution is 2.13. The molecule has 4 aromatic rings. The number of benzene rings is 3. The zero-order chi connectivity index (χ0) is 22.9. The molecule has 9 nitrogen and oxygen atoms in total. The molecule has 0 aliphatic heterocycles. The predicted molar refractivity (Wildman–Crippen MR) is 116 cm³/mol. The maximum Gasteiger partial charge on any atom is 0.333 e. The van der Waals surface area contributed by atoms with E-state index in [1.807, 2.05) is 4.72 Å². The van der Waals surface area contributed by atoms with E-state index in [0.717, 1.165) is 28.8 Å². The number of aromatic nitrogens is 2. The number of nitrogens with one attached hydrogen (secondary N) is 3. The number of nitrogens with zero attached hydrogens (tertiary/aromatic N) is 1. The number of amides is 2. The van der Waals surface area contributed by atoms with Crippen LogP contribution in [0.15, 0.2) is 87.3 Å². The van der Waals surface area contributed by atoms with Crippen LogP contribution in [0.1, 0.15) is 0 Å². The first-order valence-corrected chi connectivity index (χ1v) is 10.7. The Kier molecular flexibility index (Phi) is 5.33. The van der Waals surface area contributed by atoms with Crippen molar-refractivity contribution in [3.05, 3.63) is 99.5 Å². The summed E-state index contributed by atoms with van der Waals surface area (Å²) >= 11 is 0. The predicted octanol–water partition coefficient (Wildman–Crippen LogP) is 2.33. The van der Waals surface area contributed by atoms with Gasteiger partial charge in [-0.3, -0.25) is 4.79 Å². The van der Waals surface area contributed by atoms with Crippen molar-refractivity contribution in [2.45, 2.75) is 4.90 Å². The smallest absolute Gasteiger partial charge is 0.307 e. The number of urea groups is 1. The SMILES string of the molecule is O=C(Nc1ccc(-n2c(=O)[nH]c3ccccc3c2=O)cc1)NS(=O)(=O)c1ccc(F)cc1. The van der Waals surface area contributed by atoms with E-state index in [4.69, 9.17) is 0 Å². The maximum atomic E-state index is 13.0. The van der Waals surface area contributed by atoms with Crippen LogP contribution in [-0.4, -0.2) is 24.0 Å². The molecule has 4 rings (SSSR count). The third-order valence-corrected chi connectivity index (χ3v) is 5.89. The molecule has 11 heteroatoms. The van der Waals surface area contributed by atoms with Crippen LogP contribution in [-0.2, 0) is 10.0 Å². The minimum Gasteiger partial charge on any atom is -0.307 e. The summed E-state index contributed by atoms with van der Waals surface area (Å²) in [6.07, 6.45) is 0. The summed E-state index contributed by atoms with van der Waals surface area (Å²) in [4.78, 5) is 39.5. The molecular formula is C21H15FN4O5S. The minimum absolute atomic E-state index is 0.214. The first-order chi connectivity index (χ1) is 15.2. The topological polar surface area (TPSA) is 130 Å². The lowest BCUT2D eigenvalue weighted by atomic mass is 10.2. The summed E-state index contributed by atoms with van der Waals surface area (Å²) in [5, 5.41) is 2.67. The Bertz CT molecular complexity index is 1540. The molecule has 1 aromatic heterocycles. The molecular weight excluding hydrogens is 439 g/mol. The van der Waals surface area contributed by atoms with Gasteiger partial charge in [0.1, 0.15) is 5.82 Å². The third-order valence-electron chi connectivity index (χ3n) is 4.54. The molecule has 0 fully saturated rings. The standard InChI is InChI=1S/C21H15FN4O5S/c22-13-5-11-16(12-6-13)32(30,31)25-20(28)23-14-7-9-15(10-8-14)26-19(27)17-3-1-2-4-18(17)24-21(26)29/h1-12H,(H,24,29)(H2,23,25,28). The number of hydrogen-bond acceptors (Lipinski definition) is 5. The van der Waals surface area contributed by atoms with Crippen molar-refractivity contribution < 1.29 is 17.6 Å². The van der Waals surface area contributed by atoms with Crippen LogP contribution in [0, 0.1) is 5.82 Å². The first-order valence-electron chi connectivity index (χ1n) is 9.18. The Morgan fingerprint density at radius 2 is 1.56 bits per heavy atom. The number of fused-ring (bicyclic) bond motifs is 1. The van der Waals surface area contributed by atoms with Gasteiger partial charge in [0.15, 0.2) is 0 Å². The summed E-state index contributed by atoms with van der Waals surface area (Å²) < 4.78 is 40.1. The van der Waals surface area contributed by atoms with Crippen LogP contribution in [0.3, 0.4) is 0 Å². The Hall–Kier alpha value is -4.25. The van der Waals surface area contributed by atoms with Crippen molar-refractivity contribution in [1.82, 2.24) is 14.3 Å². The molecule has 162 valence electrons. The maximum absolute atomic E-state index is 13.0. The molecule has 0 saturated heterocycles. The quantitative estimate of drug-likeness (QED) is 0.436. The number of hydrogen-bond donors (Lipinski definition) is 3. The fourth-order valence-corrected chi connectivity index (χ4v) is 3.95. The molecule has 2 amide bonds. The Morgan fingerprint density at radius 3 is 2.25 bits per heavy atom. The fraction of sp³-hybridized carbons (Fsp3) is 0. The van der Waals surface area contributed by atoms with Gasteiger partial charge in [-0.15, -0.1) is 0 Å². The number of sulfonamides is 1. The van der Waals surface area contributed by atoms with E-state index < -0.39 is 33.1 Å². The van der Waals surface area contributed by atoms with E-state index in [1.165, 1.54) is 24.3 Å². The minimum atomic E-state index is -4.20. The fourth-order valence-electron chi connectivity index (χ4n) is 3.04. The van der Waals surface area contributed by atoms with Crippen LogP contribution in [0.4, 0.5) is 14.9 Å². The van der Waals surface area contributed by atoms with E-state index in [-0.39, 0.29) is 16.3 Å². The Balaban J connectivity index is 1.54. The Morgan fingerprint density at radius 1 is 0.906 bits per heavy atom. The lowest BCUT2D eigenvalue weighted by Gasteiger charge is -2.10. The van der Waals surface area contributed by atoms with Crippen LogP contribution >= 0.6 is 0 Å². The average Bonchev–Trinajstić information content (AvgIpc) is 2.75. The summed E-state index contributed by atoms with van der Waals surface area (Å²) in [5.41, 5.74) is -0.250. The number of aromatic amines is 1. The number of para-hydroxylation sites is 1. The number of halogens is 1. The highest BCUT2D eigenvalue weighted by Gasteiger charge is 2.18. The van der Waals surface area contributed by atoms with Crippen LogP contribution in [0.2, 0.25) is 0 Å². The van der Waals surface area contributed by atoms with Gasteiger partial charge in [0, 0.05) is 5.69 Å². The zero-order valence-electron chi connectivity index (χ0n) is 16.2. The van der Waals surface area contributed by atoms with Gasteiger partial charge in [-0.2, -0.15) is 0 Å². The molecule has 0 bridgehead atoms. The largest absolute Gasteiger partial charge is 0.333 e. The molecule has 0 unspecified atom stereocenters. The van der Waals surface area contributed by atoms with Crippen molar-refractivity contribution >= 4 is 32.6 Å². The van der Waals surface area contributed by atoms with Gasteiger partial charge in [0.2, 0.25) is 0 Å². The highest BCUT2D eigenvalue weighted by atomic mass is 32.2. The van der Waals surface area contributed by atoms with Gasteiger partial charge < -0.3 is 10.3 Å². The lowest BCUT2D eigenvalue weighted by Crippen LogP contribution is -2.34. The molecule has 0 aliphatic rings. The molecule has 32 heavy (non-hydrogen) atoms.